The maximum atomic E-state index is 12.6. The van der Waals surface area contributed by atoms with Gasteiger partial charge in [-0.15, -0.1) is 16.4 Å². The van der Waals surface area contributed by atoms with Gasteiger partial charge in [0.1, 0.15) is 11.2 Å². The molecular formula is C12H17N5O2S. The molecule has 0 bridgehead atoms. The number of aliphatic hydroxyl groups is 1. The molecule has 2 aromatic rings. The van der Waals surface area contributed by atoms with Crippen molar-refractivity contribution >= 4 is 17.2 Å². The molecule has 0 aliphatic carbocycles. The van der Waals surface area contributed by atoms with Crippen LogP contribution in [0.15, 0.2) is 17.8 Å². The molecule has 0 aromatic carbocycles. The molecule has 108 valence electrons. The number of tetrazole rings is 1. The van der Waals surface area contributed by atoms with E-state index in [4.69, 9.17) is 0 Å². The molecule has 0 aliphatic heterocycles. The minimum Gasteiger partial charge on any atom is -0.389 e. The van der Waals surface area contributed by atoms with Gasteiger partial charge in [-0.25, -0.2) is 0 Å². The summed E-state index contributed by atoms with van der Waals surface area (Å²) in [6.45, 7) is 6.04. The van der Waals surface area contributed by atoms with Crippen LogP contribution in [0.1, 0.15) is 30.4 Å². The summed E-state index contributed by atoms with van der Waals surface area (Å²) < 4.78 is 1.46. The highest BCUT2D eigenvalue weighted by Crippen LogP contribution is 2.22. The fraction of sp³-hybridized carbons (Fsp3) is 0.500. The lowest BCUT2D eigenvalue weighted by Gasteiger charge is -2.28. The first-order valence-electron chi connectivity index (χ1n) is 6.25. The van der Waals surface area contributed by atoms with Crippen molar-refractivity contribution in [1.29, 1.82) is 0 Å². The van der Waals surface area contributed by atoms with E-state index in [9.17, 15) is 9.90 Å². The average molecular weight is 295 g/mol. The molecule has 1 amide bonds. The van der Waals surface area contributed by atoms with Crippen LogP contribution in [0.5, 0.6) is 0 Å². The molecule has 0 spiro atoms. The second kappa shape index (κ2) is 5.68. The number of rotatable bonds is 5. The Hall–Kier alpha value is -1.80. The van der Waals surface area contributed by atoms with Gasteiger partial charge in [0.05, 0.1) is 11.3 Å². The molecule has 20 heavy (non-hydrogen) atoms. The number of aromatic nitrogens is 4. The first kappa shape index (κ1) is 14.6. The number of carbonyl (C=O) groups excluding carboxylic acids is 1. The average Bonchev–Trinajstić information content (AvgIpc) is 3.03. The van der Waals surface area contributed by atoms with Gasteiger partial charge in [-0.3, -0.25) is 4.79 Å². The van der Waals surface area contributed by atoms with Gasteiger partial charge in [0.15, 0.2) is 0 Å². The quantitative estimate of drug-likeness (QED) is 0.888. The van der Waals surface area contributed by atoms with E-state index >= 15 is 0 Å². The Bertz CT molecular complexity index is 573. The van der Waals surface area contributed by atoms with Crippen molar-refractivity contribution in [1.82, 2.24) is 25.1 Å². The zero-order chi connectivity index (χ0) is 14.8. The van der Waals surface area contributed by atoms with Crippen LogP contribution in [0.3, 0.4) is 0 Å². The van der Waals surface area contributed by atoms with Crippen LogP contribution in [-0.4, -0.2) is 54.8 Å². The highest BCUT2D eigenvalue weighted by molar-refractivity contribution is 7.12. The molecule has 0 saturated carbocycles. The van der Waals surface area contributed by atoms with Gasteiger partial charge in [0.2, 0.25) is 0 Å². The van der Waals surface area contributed by atoms with Gasteiger partial charge in [-0.2, -0.15) is 4.68 Å². The molecule has 0 radical (unpaired) electrons. The number of hydrogen-bond donors (Lipinski definition) is 1. The van der Waals surface area contributed by atoms with Crippen molar-refractivity contribution in [2.75, 3.05) is 13.1 Å². The largest absolute Gasteiger partial charge is 0.389 e. The number of likely N-dealkylation sites (N-methyl/N-ethyl adjacent to an activating group) is 1. The Kier molecular flexibility index (Phi) is 4.15. The van der Waals surface area contributed by atoms with Gasteiger partial charge in [0, 0.05) is 13.1 Å². The summed E-state index contributed by atoms with van der Waals surface area (Å²) in [5, 5.41) is 22.7. The van der Waals surface area contributed by atoms with Crippen LogP contribution in [-0.2, 0) is 0 Å². The standard InChI is InChI=1S/C12H17N5O2S/c1-4-16(7-12(2,3)19)11(18)10-9(5-6-20-10)17-8-13-14-15-17/h5-6,8,19H,4,7H2,1-3H3. The van der Waals surface area contributed by atoms with E-state index in [0.717, 1.165) is 0 Å². The van der Waals surface area contributed by atoms with Crippen molar-refractivity contribution < 1.29 is 9.90 Å². The van der Waals surface area contributed by atoms with Crippen molar-refractivity contribution in [2.24, 2.45) is 0 Å². The number of hydrogen-bond acceptors (Lipinski definition) is 6. The summed E-state index contributed by atoms with van der Waals surface area (Å²) in [6.07, 6.45) is 1.45. The maximum absolute atomic E-state index is 12.6. The predicted molar refractivity (Wildman–Crippen MR) is 74.9 cm³/mol. The Morgan fingerprint density at radius 3 is 2.85 bits per heavy atom. The molecule has 0 aliphatic rings. The first-order valence-corrected chi connectivity index (χ1v) is 7.13. The van der Waals surface area contributed by atoms with Crippen molar-refractivity contribution in [2.45, 2.75) is 26.4 Å². The molecule has 0 saturated heterocycles. The van der Waals surface area contributed by atoms with E-state index in [1.54, 1.807) is 24.8 Å². The molecule has 0 unspecified atom stereocenters. The third-order valence-electron chi connectivity index (χ3n) is 2.68. The number of thiophene rings is 1. The van der Waals surface area contributed by atoms with Crippen LogP contribution in [0.2, 0.25) is 0 Å². The summed E-state index contributed by atoms with van der Waals surface area (Å²) in [5.74, 6) is -0.130. The monoisotopic (exact) mass is 295 g/mol. The molecule has 2 rings (SSSR count). The zero-order valence-electron chi connectivity index (χ0n) is 11.6. The molecule has 2 heterocycles. The summed E-state index contributed by atoms with van der Waals surface area (Å²) in [6, 6.07) is 1.80. The highest BCUT2D eigenvalue weighted by atomic mass is 32.1. The van der Waals surface area contributed by atoms with Crippen molar-refractivity contribution in [3.8, 4) is 5.69 Å². The molecular weight excluding hydrogens is 278 g/mol. The van der Waals surface area contributed by atoms with Crippen LogP contribution >= 0.6 is 11.3 Å². The highest BCUT2D eigenvalue weighted by Gasteiger charge is 2.25. The van der Waals surface area contributed by atoms with Crippen LogP contribution < -0.4 is 0 Å². The Morgan fingerprint density at radius 2 is 2.30 bits per heavy atom. The summed E-state index contributed by atoms with van der Waals surface area (Å²) >= 11 is 1.34. The third kappa shape index (κ3) is 3.20. The second-order valence-corrected chi connectivity index (χ2v) is 5.94. The van der Waals surface area contributed by atoms with Crippen molar-refractivity contribution in [3.05, 3.63) is 22.7 Å². The fourth-order valence-corrected chi connectivity index (χ4v) is 2.70. The molecule has 0 fully saturated rings. The minimum absolute atomic E-state index is 0.130. The fourth-order valence-electron chi connectivity index (χ4n) is 1.85. The Labute approximate surface area is 120 Å². The Balaban J connectivity index is 2.27. The molecule has 8 heteroatoms. The predicted octanol–water partition coefficient (Wildman–Crippen LogP) is 0.957. The van der Waals surface area contributed by atoms with E-state index in [-0.39, 0.29) is 12.5 Å². The smallest absolute Gasteiger partial charge is 0.266 e. The van der Waals surface area contributed by atoms with Crippen LogP contribution in [0.25, 0.3) is 5.69 Å². The van der Waals surface area contributed by atoms with Gasteiger partial charge in [-0.1, -0.05) is 0 Å². The van der Waals surface area contributed by atoms with E-state index < -0.39 is 5.60 Å². The van der Waals surface area contributed by atoms with Crippen LogP contribution in [0, 0.1) is 0 Å². The third-order valence-corrected chi connectivity index (χ3v) is 3.57. The van der Waals surface area contributed by atoms with Gasteiger partial charge >= 0.3 is 0 Å². The number of carbonyl (C=O) groups is 1. The van der Waals surface area contributed by atoms with Crippen LogP contribution in [0.4, 0.5) is 0 Å². The zero-order valence-corrected chi connectivity index (χ0v) is 12.5. The summed E-state index contributed by atoms with van der Waals surface area (Å²) in [4.78, 5) is 14.7. The van der Waals surface area contributed by atoms with E-state index in [0.29, 0.717) is 17.1 Å². The lowest BCUT2D eigenvalue weighted by molar-refractivity contribution is 0.0317. The summed E-state index contributed by atoms with van der Waals surface area (Å²) in [5.41, 5.74) is -0.281. The van der Waals surface area contributed by atoms with E-state index in [1.165, 1.54) is 22.3 Å². The van der Waals surface area contributed by atoms with Gasteiger partial charge < -0.3 is 10.0 Å². The summed E-state index contributed by atoms with van der Waals surface area (Å²) in [7, 11) is 0. The molecule has 0 atom stereocenters. The normalized spacial score (nSPS) is 11.6. The van der Waals surface area contributed by atoms with E-state index in [1.807, 2.05) is 12.3 Å². The second-order valence-electron chi connectivity index (χ2n) is 5.02. The van der Waals surface area contributed by atoms with Gasteiger partial charge in [0.25, 0.3) is 5.91 Å². The SMILES string of the molecule is CCN(CC(C)(C)O)C(=O)c1sccc1-n1cnnn1. The minimum atomic E-state index is -0.933. The first-order chi connectivity index (χ1) is 9.42. The molecule has 7 nitrogen and oxygen atoms in total. The van der Waals surface area contributed by atoms with E-state index in [2.05, 4.69) is 15.5 Å². The Morgan fingerprint density at radius 1 is 1.55 bits per heavy atom. The maximum Gasteiger partial charge on any atom is 0.266 e. The lowest BCUT2D eigenvalue weighted by Crippen LogP contribution is -2.42. The number of amides is 1. The van der Waals surface area contributed by atoms with Gasteiger partial charge in [-0.05, 0) is 42.6 Å². The van der Waals surface area contributed by atoms with Crippen molar-refractivity contribution in [3.63, 3.8) is 0 Å². The number of nitrogens with zero attached hydrogens (tertiary/aromatic N) is 5. The molecule has 2 aromatic heterocycles. The lowest BCUT2D eigenvalue weighted by atomic mass is 10.1. The topological polar surface area (TPSA) is 84.1 Å². The molecule has 1 N–H and O–H groups in total.